The van der Waals surface area contributed by atoms with Crippen LogP contribution in [0.5, 0.6) is 0 Å². The summed E-state index contributed by atoms with van der Waals surface area (Å²) in [4.78, 5) is 15.7. The molecule has 1 N–H and O–H groups in total. The fourth-order valence-electron chi connectivity index (χ4n) is 2.71. The number of pyridine rings is 1. The van der Waals surface area contributed by atoms with Crippen LogP contribution in [0.3, 0.4) is 0 Å². The van der Waals surface area contributed by atoms with E-state index in [1.807, 2.05) is 37.3 Å². The number of benzene rings is 1. The Kier molecular flexibility index (Phi) is 2.63. The summed E-state index contributed by atoms with van der Waals surface area (Å²) in [5, 5.41) is 9.32. The highest BCUT2D eigenvalue weighted by Gasteiger charge is 2.39. The molecule has 96 valence electrons. The number of nitrogens with zero attached hydrogens (tertiary/aromatic N) is 1. The van der Waals surface area contributed by atoms with Crippen molar-refractivity contribution in [3.63, 3.8) is 0 Å². The van der Waals surface area contributed by atoms with Crippen LogP contribution in [0.15, 0.2) is 42.6 Å². The number of fused-ring (bicyclic) bond motifs is 1. The van der Waals surface area contributed by atoms with Gasteiger partial charge in [-0.15, -0.1) is 0 Å². The van der Waals surface area contributed by atoms with Crippen molar-refractivity contribution in [1.82, 2.24) is 4.98 Å². The molecule has 2 aromatic rings. The van der Waals surface area contributed by atoms with Crippen molar-refractivity contribution in [2.45, 2.75) is 19.8 Å². The first-order valence-corrected chi connectivity index (χ1v) is 6.35. The molecule has 1 aromatic carbocycles. The van der Waals surface area contributed by atoms with Crippen LogP contribution in [-0.4, -0.2) is 16.1 Å². The Bertz CT molecular complexity index is 636. The molecule has 0 saturated heterocycles. The standard InChI is InChI=1S/C16H15NO2/c1-16(15(18)19)9-12-6-5-11(8-13(12)10-16)14-4-2-3-7-17-14/h2-8H,9-10H2,1H3,(H,18,19). The predicted octanol–water partition coefficient (Wildman–Crippen LogP) is 2.94. The van der Waals surface area contributed by atoms with E-state index in [0.29, 0.717) is 12.8 Å². The Balaban J connectivity index is 1.99. The molecule has 3 nitrogen and oxygen atoms in total. The number of rotatable bonds is 2. The third-order valence-corrected chi connectivity index (χ3v) is 3.84. The monoisotopic (exact) mass is 253 g/mol. The molecular weight excluding hydrogens is 238 g/mol. The van der Waals surface area contributed by atoms with Crippen LogP contribution in [0.1, 0.15) is 18.1 Å². The van der Waals surface area contributed by atoms with Crippen LogP contribution in [0.2, 0.25) is 0 Å². The topological polar surface area (TPSA) is 50.2 Å². The molecule has 3 rings (SSSR count). The molecule has 0 aliphatic heterocycles. The Morgan fingerprint density at radius 1 is 1.21 bits per heavy atom. The lowest BCUT2D eigenvalue weighted by atomic mass is 9.87. The number of aromatic nitrogens is 1. The van der Waals surface area contributed by atoms with Crippen molar-refractivity contribution in [2.24, 2.45) is 5.41 Å². The molecule has 1 atom stereocenters. The highest BCUT2D eigenvalue weighted by atomic mass is 16.4. The van der Waals surface area contributed by atoms with Gasteiger partial charge in [0.05, 0.1) is 11.1 Å². The average molecular weight is 253 g/mol. The number of carboxylic acids is 1. The van der Waals surface area contributed by atoms with Gasteiger partial charge in [0.25, 0.3) is 0 Å². The van der Waals surface area contributed by atoms with Crippen LogP contribution in [-0.2, 0) is 17.6 Å². The molecule has 1 heterocycles. The van der Waals surface area contributed by atoms with Crippen molar-refractivity contribution >= 4 is 5.97 Å². The van der Waals surface area contributed by atoms with E-state index in [1.54, 1.807) is 6.20 Å². The van der Waals surface area contributed by atoms with Crippen molar-refractivity contribution in [1.29, 1.82) is 0 Å². The van der Waals surface area contributed by atoms with Gasteiger partial charge in [-0.2, -0.15) is 0 Å². The fraction of sp³-hybridized carbons (Fsp3) is 0.250. The Morgan fingerprint density at radius 3 is 2.68 bits per heavy atom. The number of carboxylic acid groups (broad SMARTS) is 1. The van der Waals surface area contributed by atoms with E-state index in [1.165, 1.54) is 0 Å². The van der Waals surface area contributed by atoms with Crippen LogP contribution in [0.25, 0.3) is 11.3 Å². The first kappa shape index (κ1) is 11.9. The van der Waals surface area contributed by atoms with Gasteiger partial charge in [-0.25, -0.2) is 0 Å². The summed E-state index contributed by atoms with van der Waals surface area (Å²) in [7, 11) is 0. The minimum atomic E-state index is -0.719. The van der Waals surface area contributed by atoms with Gasteiger partial charge in [0.15, 0.2) is 0 Å². The maximum atomic E-state index is 11.3. The van der Waals surface area contributed by atoms with Gasteiger partial charge in [0.2, 0.25) is 0 Å². The number of carbonyl (C=O) groups is 1. The number of hydrogen-bond acceptors (Lipinski definition) is 2. The lowest BCUT2D eigenvalue weighted by Crippen LogP contribution is -2.27. The van der Waals surface area contributed by atoms with Gasteiger partial charge < -0.3 is 5.11 Å². The minimum absolute atomic E-state index is 0.596. The third kappa shape index (κ3) is 2.01. The highest BCUT2D eigenvalue weighted by molar-refractivity contribution is 5.77. The molecule has 1 aliphatic carbocycles. The zero-order valence-corrected chi connectivity index (χ0v) is 10.8. The smallest absolute Gasteiger partial charge is 0.310 e. The molecule has 1 unspecified atom stereocenters. The number of aliphatic carboxylic acids is 1. The van der Waals surface area contributed by atoms with E-state index in [4.69, 9.17) is 0 Å². The van der Waals surface area contributed by atoms with Crippen LogP contribution < -0.4 is 0 Å². The normalized spacial score (nSPS) is 21.1. The van der Waals surface area contributed by atoms with Gasteiger partial charge in [-0.05, 0) is 49.1 Å². The largest absolute Gasteiger partial charge is 0.481 e. The molecule has 0 saturated carbocycles. The minimum Gasteiger partial charge on any atom is -0.481 e. The summed E-state index contributed by atoms with van der Waals surface area (Å²) < 4.78 is 0. The molecule has 0 fully saturated rings. The van der Waals surface area contributed by atoms with E-state index in [0.717, 1.165) is 22.4 Å². The first-order chi connectivity index (χ1) is 9.08. The molecule has 3 heteroatoms. The van der Waals surface area contributed by atoms with Gasteiger partial charge >= 0.3 is 5.97 Å². The lowest BCUT2D eigenvalue weighted by Gasteiger charge is -2.16. The second-order valence-corrected chi connectivity index (χ2v) is 5.42. The molecule has 0 bridgehead atoms. The summed E-state index contributed by atoms with van der Waals surface area (Å²) in [5.41, 5.74) is 3.59. The van der Waals surface area contributed by atoms with Crippen LogP contribution >= 0.6 is 0 Å². The fourth-order valence-corrected chi connectivity index (χ4v) is 2.71. The maximum absolute atomic E-state index is 11.3. The Hall–Kier alpha value is -2.16. The molecule has 0 spiro atoms. The summed E-state index contributed by atoms with van der Waals surface area (Å²) in [5.74, 6) is -0.719. The van der Waals surface area contributed by atoms with Crippen molar-refractivity contribution in [3.05, 3.63) is 53.7 Å². The average Bonchev–Trinajstić information content (AvgIpc) is 2.76. The maximum Gasteiger partial charge on any atom is 0.310 e. The van der Waals surface area contributed by atoms with E-state index in [-0.39, 0.29) is 0 Å². The molecule has 0 amide bonds. The van der Waals surface area contributed by atoms with Crippen LogP contribution in [0.4, 0.5) is 0 Å². The second kappa shape index (κ2) is 4.19. The molecular formula is C16H15NO2. The predicted molar refractivity (Wildman–Crippen MR) is 72.8 cm³/mol. The quantitative estimate of drug-likeness (QED) is 0.895. The van der Waals surface area contributed by atoms with Gasteiger partial charge in [-0.1, -0.05) is 18.2 Å². The van der Waals surface area contributed by atoms with E-state index >= 15 is 0 Å². The highest BCUT2D eigenvalue weighted by Crippen LogP contribution is 2.38. The molecule has 1 aliphatic rings. The van der Waals surface area contributed by atoms with E-state index in [2.05, 4.69) is 11.1 Å². The van der Waals surface area contributed by atoms with Crippen molar-refractivity contribution in [2.75, 3.05) is 0 Å². The van der Waals surface area contributed by atoms with Gasteiger partial charge in [-0.3, -0.25) is 9.78 Å². The first-order valence-electron chi connectivity index (χ1n) is 6.35. The molecule has 19 heavy (non-hydrogen) atoms. The van der Waals surface area contributed by atoms with Crippen molar-refractivity contribution in [3.8, 4) is 11.3 Å². The third-order valence-electron chi connectivity index (χ3n) is 3.84. The summed E-state index contributed by atoms with van der Waals surface area (Å²) in [6.07, 6.45) is 2.97. The van der Waals surface area contributed by atoms with Gasteiger partial charge in [0, 0.05) is 11.8 Å². The second-order valence-electron chi connectivity index (χ2n) is 5.42. The summed E-state index contributed by atoms with van der Waals surface area (Å²) >= 11 is 0. The Labute approximate surface area is 111 Å². The van der Waals surface area contributed by atoms with Crippen molar-refractivity contribution < 1.29 is 9.90 Å². The molecule has 1 aromatic heterocycles. The SMILES string of the molecule is CC1(C(=O)O)Cc2ccc(-c3ccccn3)cc2C1. The molecule has 0 radical (unpaired) electrons. The van der Waals surface area contributed by atoms with Crippen LogP contribution in [0, 0.1) is 5.41 Å². The van der Waals surface area contributed by atoms with Gasteiger partial charge in [0.1, 0.15) is 0 Å². The summed E-state index contributed by atoms with van der Waals surface area (Å²) in [6.45, 7) is 1.82. The zero-order chi connectivity index (χ0) is 13.5. The Morgan fingerprint density at radius 2 is 2.00 bits per heavy atom. The van der Waals surface area contributed by atoms with E-state index < -0.39 is 11.4 Å². The summed E-state index contributed by atoms with van der Waals surface area (Å²) in [6, 6.07) is 11.9. The lowest BCUT2D eigenvalue weighted by molar-refractivity contribution is -0.147. The number of hydrogen-bond donors (Lipinski definition) is 1. The van der Waals surface area contributed by atoms with E-state index in [9.17, 15) is 9.90 Å². The zero-order valence-electron chi connectivity index (χ0n) is 10.8.